The maximum absolute atomic E-state index is 6.48. The van der Waals surface area contributed by atoms with Gasteiger partial charge in [0.1, 0.15) is 0 Å². The normalized spacial score (nSPS) is 46.6. The van der Waals surface area contributed by atoms with Crippen molar-refractivity contribution in [2.75, 3.05) is 0 Å². The summed E-state index contributed by atoms with van der Waals surface area (Å²) < 4.78 is 0. The van der Waals surface area contributed by atoms with E-state index >= 15 is 0 Å². The van der Waals surface area contributed by atoms with Crippen LogP contribution in [0.15, 0.2) is 0 Å². The van der Waals surface area contributed by atoms with Crippen molar-refractivity contribution < 1.29 is 0 Å². The summed E-state index contributed by atoms with van der Waals surface area (Å²) in [5, 5.41) is 0. The minimum Gasteiger partial charge on any atom is -0.327 e. The molecular weight excluding hydrogens is 280 g/mol. The lowest BCUT2D eigenvalue weighted by Gasteiger charge is -2.47. The molecule has 2 rings (SSSR count). The van der Waals surface area contributed by atoms with Gasteiger partial charge in [0.2, 0.25) is 0 Å². The summed E-state index contributed by atoms with van der Waals surface area (Å²) in [5.41, 5.74) is 13.0. The topological polar surface area (TPSA) is 52.0 Å². The summed E-state index contributed by atoms with van der Waals surface area (Å²) in [6.45, 7) is 11.9. The van der Waals surface area contributed by atoms with Crippen LogP contribution in [-0.2, 0) is 0 Å². The highest BCUT2D eigenvalue weighted by Gasteiger charge is 2.41. The zero-order chi connectivity index (χ0) is 17.1. The first-order valence-corrected chi connectivity index (χ1v) is 10.4. The summed E-state index contributed by atoms with van der Waals surface area (Å²) in [5.74, 6) is 5.54. The molecule has 8 atom stereocenters. The van der Waals surface area contributed by atoms with Crippen LogP contribution in [0.3, 0.4) is 0 Å². The van der Waals surface area contributed by atoms with E-state index in [2.05, 4.69) is 34.6 Å². The van der Waals surface area contributed by atoms with Gasteiger partial charge in [0.05, 0.1) is 0 Å². The van der Waals surface area contributed by atoms with Crippen LogP contribution in [0.1, 0.15) is 79.6 Å². The standard InChI is InChI=1S/C21H42N2/c1-6-15-11-17(9-13(4)20(15)22)19(8-3)18-10-14(5)21(23)16(7-2)12-18/h13-21H,6-12,22-23H2,1-5H3. The lowest BCUT2D eigenvalue weighted by Crippen LogP contribution is -2.47. The lowest BCUT2D eigenvalue weighted by atomic mass is 9.60. The molecule has 0 aromatic carbocycles. The highest BCUT2D eigenvalue weighted by atomic mass is 14.7. The molecule has 0 amide bonds. The molecule has 2 fully saturated rings. The third-order valence-corrected chi connectivity index (χ3v) is 7.69. The Balaban J connectivity index is 2.09. The molecule has 0 heterocycles. The van der Waals surface area contributed by atoms with Gasteiger partial charge in [0.15, 0.2) is 0 Å². The second-order valence-electron chi connectivity index (χ2n) is 8.98. The first-order chi connectivity index (χ1) is 10.9. The van der Waals surface area contributed by atoms with Gasteiger partial charge in [0.25, 0.3) is 0 Å². The molecule has 136 valence electrons. The molecule has 2 heteroatoms. The molecule has 2 nitrogen and oxygen atoms in total. The summed E-state index contributed by atoms with van der Waals surface area (Å²) in [6.07, 6.45) is 9.28. The van der Waals surface area contributed by atoms with Crippen molar-refractivity contribution in [2.24, 2.45) is 52.9 Å². The van der Waals surface area contributed by atoms with Gasteiger partial charge in [-0.25, -0.2) is 0 Å². The van der Waals surface area contributed by atoms with Gasteiger partial charge in [0, 0.05) is 12.1 Å². The Bertz CT molecular complexity index is 324. The van der Waals surface area contributed by atoms with Crippen LogP contribution < -0.4 is 11.5 Å². The van der Waals surface area contributed by atoms with Crippen LogP contribution in [0.25, 0.3) is 0 Å². The number of hydrogen-bond donors (Lipinski definition) is 2. The van der Waals surface area contributed by atoms with Crippen LogP contribution >= 0.6 is 0 Å². The Morgan fingerprint density at radius 3 is 1.43 bits per heavy atom. The van der Waals surface area contributed by atoms with Crippen LogP contribution in [0.5, 0.6) is 0 Å². The van der Waals surface area contributed by atoms with Crippen molar-refractivity contribution >= 4 is 0 Å². The average molecular weight is 323 g/mol. The monoisotopic (exact) mass is 322 g/mol. The zero-order valence-corrected chi connectivity index (χ0v) is 16.3. The molecule has 4 N–H and O–H groups in total. The molecule has 8 unspecified atom stereocenters. The summed E-state index contributed by atoms with van der Waals surface area (Å²) in [7, 11) is 0. The van der Waals surface area contributed by atoms with Gasteiger partial charge >= 0.3 is 0 Å². The smallest absolute Gasteiger partial charge is 0.00931 e. The zero-order valence-electron chi connectivity index (χ0n) is 16.3. The molecular formula is C21H42N2. The first kappa shape index (κ1) is 19.2. The van der Waals surface area contributed by atoms with E-state index in [4.69, 9.17) is 11.5 Å². The lowest BCUT2D eigenvalue weighted by molar-refractivity contribution is 0.0472. The summed E-state index contributed by atoms with van der Waals surface area (Å²) in [6, 6.07) is 0.853. The second-order valence-corrected chi connectivity index (χ2v) is 8.98. The predicted octanol–water partition coefficient (Wildman–Crippen LogP) is 4.81. The van der Waals surface area contributed by atoms with E-state index in [0.29, 0.717) is 23.9 Å². The molecule has 0 radical (unpaired) electrons. The van der Waals surface area contributed by atoms with Crippen LogP contribution in [0, 0.1) is 41.4 Å². The van der Waals surface area contributed by atoms with Crippen LogP contribution in [0.2, 0.25) is 0 Å². The molecule has 2 saturated carbocycles. The van der Waals surface area contributed by atoms with Gasteiger partial charge in [-0.15, -0.1) is 0 Å². The minimum atomic E-state index is 0.427. The van der Waals surface area contributed by atoms with Gasteiger partial charge < -0.3 is 11.5 Å². The maximum Gasteiger partial charge on any atom is 0.00931 e. The van der Waals surface area contributed by atoms with Crippen LogP contribution in [0.4, 0.5) is 0 Å². The van der Waals surface area contributed by atoms with Crippen LogP contribution in [-0.4, -0.2) is 12.1 Å². The van der Waals surface area contributed by atoms with Crippen molar-refractivity contribution in [1.82, 2.24) is 0 Å². The predicted molar refractivity (Wildman–Crippen MR) is 101 cm³/mol. The number of hydrogen-bond acceptors (Lipinski definition) is 2. The van der Waals surface area contributed by atoms with Crippen molar-refractivity contribution in [3.63, 3.8) is 0 Å². The molecule has 0 aromatic heterocycles. The Labute approximate surface area is 145 Å². The van der Waals surface area contributed by atoms with E-state index in [-0.39, 0.29) is 0 Å². The van der Waals surface area contributed by atoms with E-state index in [9.17, 15) is 0 Å². The fourth-order valence-corrected chi connectivity index (χ4v) is 6.11. The molecule has 2 aliphatic rings. The molecule has 0 saturated heterocycles. The third kappa shape index (κ3) is 4.12. The van der Waals surface area contributed by atoms with E-state index in [0.717, 1.165) is 29.6 Å². The van der Waals surface area contributed by atoms with Crippen molar-refractivity contribution in [3.8, 4) is 0 Å². The fourth-order valence-electron chi connectivity index (χ4n) is 6.11. The first-order valence-electron chi connectivity index (χ1n) is 10.4. The van der Waals surface area contributed by atoms with E-state index in [1.807, 2.05) is 0 Å². The van der Waals surface area contributed by atoms with Crippen molar-refractivity contribution in [2.45, 2.75) is 91.6 Å². The quantitative estimate of drug-likeness (QED) is 0.763. The van der Waals surface area contributed by atoms with Gasteiger partial charge in [-0.1, -0.05) is 53.9 Å². The highest BCUT2D eigenvalue weighted by molar-refractivity contribution is 4.94. The molecule has 0 bridgehead atoms. The van der Waals surface area contributed by atoms with E-state index < -0.39 is 0 Å². The van der Waals surface area contributed by atoms with Crippen molar-refractivity contribution in [3.05, 3.63) is 0 Å². The Hall–Kier alpha value is -0.0800. The van der Waals surface area contributed by atoms with Gasteiger partial charge in [-0.3, -0.25) is 0 Å². The van der Waals surface area contributed by atoms with E-state index in [1.165, 1.54) is 44.9 Å². The maximum atomic E-state index is 6.48. The molecule has 23 heavy (non-hydrogen) atoms. The molecule has 0 aliphatic heterocycles. The minimum absolute atomic E-state index is 0.427. The average Bonchev–Trinajstić information content (AvgIpc) is 2.54. The molecule has 2 aliphatic carbocycles. The number of rotatable bonds is 5. The highest BCUT2D eigenvalue weighted by Crippen LogP contribution is 2.47. The van der Waals surface area contributed by atoms with E-state index in [1.54, 1.807) is 0 Å². The Kier molecular flexibility index (Phi) is 6.98. The van der Waals surface area contributed by atoms with Gasteiger partial charge in [-0.05, 0) is 67.1 Å². The summed E-state index contributed by atoms with van der Waals surface area (Å²) >= 11 is 0. The molecule has 0 spiro atoms. The molecule has 0 aromatic rings. The SMILES string of the molecule is CCC1CC(C(CC)C2CC(C)C(N)C(CC)C2)CC(C)C1N. The third-order valence-electron chi connectivity index (χ3n) is 7.69. The number of nitrogens with two attached hydrogens (primary N) is 2. The summed E-state index contributed by atoms with van der Waals surface area (Å²) in [4.78, 5) is 0. The van der Waals surface area contributed by atoms with Crippen molar-refractivity contribution in [1.29, 1.82) is 0 Å². The largest absolute Gasteiger partial charge is 0.327 e. The Morgan fingerprint density at radius 2 is 1.13 bits per heavy atom. The Morgan fingerprint density at radius 1 is 0.739 bits per heavy atom. The fraction of sp³-hybridized carbons (Fsp3) is 1.00. The second kappa shape index (κ2) is 8.34. The van der Waals surface area contributed by atoms with Gasteiger partial charge in [-0.2, -0.15) is 0 Å².